The molecule has 0 aliphatic heterocycles. The number of anilines is 2. The van der Waals surface area contributed by atoms with Crippen LogP contribution in [-0.2, 0) is 4.74 Å². The van der Waals surface area contributed by atoms with Gasteiger partial charge in [0, 0.05) is 24.9 Å². The molecule has 0 unspecified atom stereocenters. The molecule has 1 aromatic carbocycles. The normalized spacial score (nSPS) is 10.7. The first kappa shape index (κ1) is 15.2. The van der Waals surface area contributed by atoms with Gasteiger partial charge in [-0.15, -0.1) is 0 Å². The molecule has 0 radical (unpaired) electrons. The first-order valence-electron chi connectivity index (χ1n) is 6.36. The van der Waals surface area contributed by atoms with E-state index in [1.807, 2.05) is 0 Å². The Hall–Kier alpha value is -1.82. The minimum absolute atomic E-state index is 0.0706. The number of nitrogens with one attached hydrogen (secondary N) is 1. The maximum absolute atomic E-state index is 10.6. The number of nitro groups is 1. The van der Waals surface area contributed by atoms with Crippen LogP contribution >= 0.6 is 0 Å². The summed E-state index contributed by atoms with van der Waals surface area (Å²) in [4.78, 5) is 10.1. The molecular formula is C13H21N3O3. The fourth-order valence-corrected chi connectivity index (χ4v) is 1.52. The number of hydrogen-bond acceptors (Lipinski definition) is 5. The quantitative estimate of drug-likeness (QED) is 0.327. The Morgan fingerprint density at radius 3 is 2.74 bits per heavy atom. The van der Waals surface area contributed by atoms with Crippen molar-refractivity contribution in [2.24, 2.45) is 5.92 Å². The molecule has 0 aromatic heterocycles. The van der Waals surface area contributed by atoms with Crippen molar-refractivity contribution in [3.63, 3.8) is 0 Å². The Balaban J connectivity index is 2.30. The third-order valence-electron chi connectivity index (χ3n) is 2.64. The second-order valence-corrected chi connectivity index (χ2v) is 4.75. The molecule has 3 N–H and O–H groups in total. The summed E-state index contributed by atoms with van der Waals surface area (Å²) in [7, 11) is 0. The fraction of sp³-hybridized carbons (Fsp3) is 0.538. The predicted octanol–water partition coefficient (Wildman–Crippen LogP) is 2.65. The Morgan fingerprint density at radius 1 is 1.42 bits per heavy atom. The van der Waals surface area contributed by atoms with Crippen LogP contribution in [0.2, 0.25) is 0 Å². The van der Waals surface area contributed by atoms with Crippen molar-refractivity contribution in [3.05, 3.63) is 28.3 Å². The third-order valence-corrected chi connectivity index (χ3v) is 2.64. The van der Waals surface area contributed by atoms with E-state index in [1.165, 1.54) is 6.07 Å². The van der Waals surface area contributed by atoms with Crippen LogP contribution in [0.3, 0.4) is 0 Å². The summed E-state index contributed by atoms with van der Waals surface area (Å²) in [5.74, 6) is 0.641. The molecule has 0 atom stereocenters. The molecule has 0 saturated carbocycles. The van der Waals surface area contributed by atoms with Crippen molar-refractivity contribution >= 4 is 17.1 Å². The smallest absolute Gasteiger partial charge is 0.292 e. The van der Waals surface area contributed by atoms with Gasteiger partial charge in [0.05, 0.1) is 11.5 Å². The van der Waals surface area contributed by atoms with Gasteiger partial charge >= 0.3 is 0 Å². The summed E-state index contributed by atoms with van der Waals surface area (Å²) >= 11 is 0. The maximum atomic E-state index is 10.6. The van der Waals surface area contributed by atoms with E-state index in [-0.39, 0.29) is 11.4 Å². The molecule has 0 amide bonds. The van der Waals surface area contributed by atoms with Crippen LogP contribution in [0, 0.1) is 16.0 Å². The summed E-state index contributed by atoms with van der Waals surface area (Å²) in [6, 6.07) is 4.60. The Kier molecular flexibility index (Phi) is 6.08. The Bertz CT molecular complexity index is 422. The molecule has 1 rings (SSSR count). The molecule has 106 valence electrons. The largest absolute Gasteiger partial charge is 0.393 e. The molecule has 0 saturated heterocycles. The summed E-state index contributed by atoms with van der Waals surface area (Å²) in [5.41, 5.74) is 6.45. The van der Waals surface area contributed by atoms with Gasteiger partial charge in [0.15, 0.2) is 0 Å². The SMILES string of the molecule is CC(C)CCOCCNc1ccc([N+](=O)[O-])c(N)c1. The number of nitro benzene ring substituents is 1. The molecule has 6 heteroatoms. The number of ether oxygens (including phenoxy) is 1. The first-order chi connectivity index (χ1) is 9.00. The van der Waals surface area contributed by atoms with E-state index >= 15 is 0 Å². The van der Waals surface area contributed by atoms with Gasteiger partial charge in [-0.25, -0.2) is 0 Å². The average Bonchev–Trinajstić information content (AvgIpc) is 2.32. The van der Waals surface area contributed by atoms with Crippen LogP contribution in [0.25, 0.3) is 0 Å². The fourth-order valence-electron chi connectivity index (χ4n) is 1.52. The number of nitrogen functional groups attached to an aromatic ring is 1. The second kappa shape index (κ2) is 7.58. The first-order valence-corrected chi connectivity index (χ1v) is 6.36. The minimum Gasteiger partial charge on any atom is -0.393 e. The van der Waals surface area contributed by atoms with Gasteiger partial charge in [-0.1, -0.05) is 13.8 Å². The van der Waals surface area contributed by atoms with Gasteiger partial charge in [-0.3, -0.25) is 10.1 Å². The van der Waals surface area contributed by atoms with Gasteiger partial charge in [-0.05, 0) is 24.5 Å². The molecule has 6 nitrogen and oxygen atoms in total. The molecule has 0 aliphatic carbocycles. The summed E-state index contributed by atoms with van der Waals surface area (Å²) < 4.78 is 5.46. The molecular weight excluding hydrogens is 246 g/mol. The van der Waals surface area contributed by atoms with E-state index in [1.54, 1.807) is 12.1 Å². The number of nitrogens with zero attached hydrogens (tertiary/aromatic N) is 1. The van der Waals surface area contributed by atoms with Crippen molar-refractivity contribution in [2.45, 2.75) is 20.3 Å². The molecule has 0 fully saturated rings. The van der Waals surface area contributed by atoms with Crippen LogP contribution in [0.5, 0.6) is 0 Å². The topological polar surface area (TPSA) is 90.4 Å². The van der Waals surface area contributed by atoms with Crippen LogP contribution in [-0.4, -0.2) is 24.7 Å². The summed E-state index contributed by atoms with van der Waals surface area (Å²) in [6.45, 7) is 6.31. The van der Waals surface area contributed by atoms with E-state index < -0.39 is 4.92 Å². The number of nitrogens with two attached hydrogens (primary N) is 1. The standard InChI is InChI=1S/C13H21N3O3/c1-10(2)5-7-19-8-6-15-11-3-4-13(16(17)18)12(14)9-11/h3-4,9-10,15H,5-8,14H2,1-2H3. The Morgan fingerprint density at radius 2 is 2.16 bits per heavy atom. The molecule has 0 heterocycles. The minimum atomic E-state index is -0.492. The van der Waals surface area contributed by atoms with Crippen molar-refractivity contribution < 1.29 is 9.66 Å². The highest BCUT2D eigenvalue weighted by atomic mass is 16.6. The van der Waals surface area contributed by atoms with Crippen molar-refractivity contribution in [2.75, 3.05) is 30.8 Å². The zero-order valence-corrected chi connectivity index (χ0v) is 11.4. The molecule has 0 aliphatic rings. The summed E-state index contributed by atoms with van der Waals surface area (Å²) in [6.07, 6.45) is 1.05. The monoisotopic (exact) mass is 267 g/mol. The number of hydrogen-bond donors (Lipinski definition) is 2. The van der Waals surface area contributed by atoms with Crippen molar-refractivity contribution in [1.82, 2.24) is 0 Å². The molecule has 1 aromatic rings. The summed E-state index contributed by atoms with van der Waals surface area (Å²) in [5, 5.41) is 13.7. The highest BCUT2D eigenvalue weighted by molar-refractivity contribution is 5.65. The zero-order chi connectivity index (χ0) is 14.3. The van der Waals surface area contributed by atoms with E-state index in [0.717, 1.165) is 18.7 Å². The van der Waals surface area contributed by atoms with Gasteiger partial charge in [0.25, 0.3) is 5.69 Å². The third kappa shape index (κ3) is 5.56. The lowest BCUT2D eigenvalue weighted by molar-refractivity contribution is -0.383. The van der Waals surface area contributed by atoms with Crippen molar-refractivity contribution in [1.29, 1.82) is 0 Å². The zero-order valence-electron chi connectivity index (χ0n) is 11.4. The highest BCUT2D eigenvalue weighted by Gasteiger charge is 2.10. The molecule has 0 spiro atoms. The van der Waals surface area contributed by atoms with E-state index in [4.69, 9.17) is 10.5 Å². The van der Waals surface area contributed by atoms with Gasteiger partial charge in [-0.2, -0.15) is 0 Å². The lowest BCUT2D eigenvalue weighted by Crippen LogP contribution is -2.11. The van der Waals surface area contributed by atoms with Gasteiger partial charge in [0.1, 0.15) is 5.69 Å². The lowest BCUT2D eigenvalue weighted by atomic mass is 10.1. The van der Waals surface area contributed by atoms with Crippen molar-refractivity contribution in [3.8, 4) is 0 Å². The lowest BCUT2D eigenvalue weighted by Gasteiger charge is -2.09. The molecule has 0 bridgehead atoms. The van der Waals surface area contributed by atoms with Gasteiger partial charge < -0.3 is 15.8 Å². The molecule has 19 heavy (non-hydrogen) atoms. The average molecular weight is 267 g/mol. The number of rotatable bonds is 8. The second-order valence-electron chi connectivity index (χ2n) is 4.75. The number of benzene rings is 1. The van der Waals surface area contributed by atoms with Crippen LogP contribution in [0.4, 0.5) is 17.1 Å². The van der Waals surface area contributed by atoms with E-state index in [9.17, 15) is 10.1 Å². The van der Waals surface area contributed by atoms with Gasteiger partial charge in [0.2, 0.25) is 0 Å². The predicted molar refractivity (Wildman–Crippen MR) is 76.3 cm³/mol. The van der Waals surface area contributed by atoms with Crippen LogP contribution < -0.4 is 11.1 Å². The van der Waals surface area contributed by atoms with E-state index in [2.05, 4.69) is 19.2 Å². The van der Waals surface area contributed by atoms with E-state index in [0.29, 0.717) is 19.1 Å². The van der Waals surface area contributed by atoms with Crippen LogP contribution in [0.1, 0.15) is 20.3 Å². The maximum Gasteiger partial charge on any atom is 0.292 e. The highest BCUT2D eigenvalue weighted by Crippen LogP contribution is 2.24. The Labute approximate surface area is 113 Å². The van der Waals surface area contributed by atoms with Crippen LogP contribution in [0.15, 0.2) is 18.2 Å².